The smallest absolute Gasteiger partial charge is 0.305 e. The van der Waals surface area contributed by atoms with Gasteiger partial charge in [0, 0.05) is 11.3 Å². The molecule has 0 fully saturated rings. The van der Waals surface area contributed by atoms with Crippen LogP contribution in [0.4, 0.5) is 0 Å². The maximum Gasteiger partial charge on any atom is 0.305 e. The first kappa shape index (κ1) is 14.1. The van der Waals surface area contributed by atoms with Gasteiger partial charge in [0.25, 0.3) is 0 Å². The van der Waals surface area contributed by atoms with Crippen LogP contribution in [0.25, 0.3) is 0 Å². The standard InChI is InChI=1S/C14H20O2S/c1-2-3-11-16-14(15)10-7-12-17-13-8-5-4-6-9-13/h4-6,8-9H,2-3,7,10-12H2,1H3. The van der Waals surface area contributed by atoms with Crippen LogP contribution in [0.2, 0.25) is 0 Å². The second kappa shape index (κ2) is 9.11. The summed E-state index contributed by atoms with van der Waals surface area (Å²) in [6, 6.07) is 10.2. The molecule has 1 aromatic rings. The molecule has 0 saturated heterocycles. The van der Waals surface area contributed by atoms with Crippen molar-refractivity contribution < 1.29 is 9.53 Å². The lowest BCUT2D eigenvalue weighted by molar-refractivity contribution is -0.143. The lowest BCUT2D eigenvalue weighted by atomic mass is 10.3. The Morgan fingerprint density at radius 1 is 1.24 bits per heavy atom. The van der Waals surface area contributed by atoms with Crippen molar-refractivity contribution in [3.63, 3.8) is 0 Å². The predicted octanol–water partition coefficient (Wildman–Crippen LogP) is 3.90. The van der Waals surface area contributed by atoms with Crippen molar-refractivity contribution in [1.82, 2.24) is 0 Å². The quantitative estimate of drug-likeness (QED) is 0.399. The molecule has 2 nitrogen and oxygen atoms in total. The van der Waals surface area contributed by atoms with Crippen molar-refractivity contribution in [1.29, 1.82) is 0 Å². The molecule has 1 rings (SSSR count). The Kier molecular flexibility index (Phi) is 7.56. The van der Waals surface area contributed by atoms with Gasteiger partial charge in [-0.2, -0.15) is 0 Å². The van der Waals surface area contributed by atoms with Gasteiger partial charge >= 0.3 is 5.97 Å². The van der Waals surface area contributed by atoms with Crippen molar-refractivity contribution in [3.8, 4) is 0 Å². The van der Waals surface area contributed by atoms with Gasteiger partial charge in [0.1, 0.15) is 0 Å². The highest BCUT2D eigenvalue weighted by Gasteiger charge is 2.02. The van der Waals surface area contributed by atoms with Crippen molar-refractivity contribution in [3.05, 3.63) is 30.3 Å². The molecule has 0 aromatic heterocycles. The van der Waals surface area contributed by atoms with Crippen molar-refractivity contribution >= 4 is 17.7 Å². The maximum atomic E-state index is 11.3. The molecule has 0 radical (unpaired) electrons. The second-order valence-corrected chi connectivity index (χ2v) is 5.01. The molecule has 0 amide bonds. The van der Waals surface area contributed by atoms with Crippen LogP contribution in [0.1, 0.15) is 32.6 Å². The summed E-state index contributed by atoms with van der Waals surface area (Å²) in [5, 5.41) is 0. The first-order chi connectivity index (χ1) is 8.33. The van der Waals surface area contributed by atoms with Crippen LogP contribution < -0.4 is 0 Å². The van der Waals surface area contributed by atoms with E-state index in [1.807, 2.05) is 18.2 Å². The van der Waals surface area contributed by atoms with Gasteiger partial charge in [0.05, 0.1) is 6.61 Å². The lowest BCUT2D eigenvalue weighted by Crippen LogP contribution is -2.05. The Bertz CT molecular complexity index is 311. The Morgan fingerprint density at radius 3 is 2.71 bits per heavy atom. The number of carbonyl (C=O) groups is 1. The average molecular weight is 252 g/mol. The van der Waals surface area contributed by atoms with Crippen molar-refractivity contribution in [2.24, 2.45) is 0 Å². The van der Waals surface area contributed by atoms with E-state index in [2.05, 4.69) is 19.1 Å². The molecule has 0 aliphatic rings. The van der Waals surface area contributed by atoms with Gasteiger partial charge < -0.3 is 4.74 Å². The molecule has 94 valence electrons. The zero-order valence-electron chi connectivity index (χ0n) is 10.4. The van der Waals surface area contributed by atoms with Gasteiger partial charge in [-0.25, -0.2) is 0 Å². The van der Waals surface area contributed by atoms with Crippen LogP contribution in [0.3, 0.4) is 0 Å². The SMILES string of the molecule is CCCCOC(=O)CCCSc1ccccc1. The van der Waals surface area contributed by atoms with E-state index in [9.17, 15) is 4.79 Å². The molecule has 1 aromatic carbocycles. The molecule has 0 saturated carbocycles. The van der Waals surface area contributed by atoms with Crippen LogP contribution in [0, 0.1) is 0 Å². The largest absolute Gasteiger partial charge is 0.466 e. The van der Waals surface area contributed by atoms with Crippen molar-refractivity contribution in [2.75, 3.05) is 12.4 Å². The first-order valence-electron chi connectivity index (χ1n) is 6.16. The Balaban J connectivity index is 2.02. The number of esters is 1. The summed E-state index contributed by atoms with van der Waals surface area (Å²) >= 11 is 1.78. The summed E-state index contributed by atoms with van der Waals surface area (Å²) in [6.07, 6.45) is 3.44. The highest BCUT2D eigenvalue weighted by atomic mass is 32.2. The minimum atomic E-state index is -0.0629. The topological polar surface area (TPSA) is 26.3 Å². The van der Waals surface area contributed by atoms with E-state index in [-0.39, 0.29) is 5.97 Å². The van der Waals surface area contributed by atoms with Gasteiger partial charge in [-0.1, -0.05) is 31.5 Å². The fourth-order valence-corrected chi connectivity index (χ4v) is 2.20. The summed E-state index contributed by atoms with van der Waals surface area (Å²) in [4.78, 5) is 12.6. The fraction of sp³-hybridized carbons (Fsp3) is 0.500. The predicted molar refractivity (Wildman–Crippen MR) is 72.3 cm³/mol. The molecule has 0 atom stereocenters. The number of thioether (sulfide) groups is 1. The zero-order chi connectivity index (χ0) is 12.3. The maximum absolute atomic E-state index is 11.3. The zero-order valence-corrected chi connectivity index (χ0v) is 11.2. The minimum Gasteiger partial charge on any atom is -0.466 e. The van der Waals surface area contributed by atoms with Gasteiger partial charge in [-0.05, 0) is 30.7 Å². The van der Waals surface area contributed by atoms with E-state index >= 15 is 0 Å². The number of carbonyl (C=O) groups excluding carboxylic acids is 1. The third kappa shape index (κ3) is 7.05. The Morgan fingerprint density at radius 2 is 2.00 bits per heavy atom. The third-order valence-corrected chi connectivity index (χ3v) is 3.40. The third-order valence-electron chi connectivity index (χ3n) is 2.30. The molecule has 0 aliphatic heterocycles. The number of rotatable bonds is 8. The van der Waals surface area contributed by atoms with E-state index in [0.717, 1.165) is 25.0 Å². The molecule has 0 heterocycles. The van der Waals surface area contributed by atoms with E-state index in [4.69, 9.17) is 4.74 Å². The summed E-state index contributed by atoms with van der Waals surface area (Å²) in [7, 11) is 0. The van der Waals surface area contributed by atoms with Gasteiger partial charge in [-0.15, -0.1) is 11.8 Å². The molecule has 0 aliphatic carbocycles. The van der Waals surface area contributed by atoms with Gasteiger partial charge in [-0.3, -0.25) is 4.79 Å². The van der Waals surface area contributed by atoms with Gasteiger partial charge in [0.15, 0.2) is 0 Å². The van der Waals surface area contributed by atoms with E-state index in [1.54, 1.807) is 11.8 Å². The van der Waals surface area contributed by atoms with Crippen molar-refractivity contribution in [2.45, 2.75) is 37.5 Å². The highest BCUT2D eigenvalue weighted by Crippen LogP contribution is 2.18. The van der Waals surface area contributed by atoms with Gasteiger partial charge in [0.2, 0.25) is 0 Å². The number of hydrogen-bond acceptors (Lipinski definition) is 3. The highest BCUT2D eigenvalue weighted by molar-refractivity contribution is 7.99. The second-order valence-electron chi connectivity index (χ2n) is 3.84. The molecule has 0 spiro atoms. The molecule has 0 bridgehead atoms. The van der Waals surface area contributed by atoms with Crippen LogP contribution in [0.15, 0.2) is 35.2 Å². The van der Waals surface area contributed by atoms with Crippen LogP contribution in [0.5, 0.6) is 0 Å². The molecular formula is C14H20O2S. The molecule has 0 N–H and O–H groups in total. The summed E-state index contributed by atoms with van der Waals surface area (Å²) in [6.45, 7) is 2.66. The minimum absolute atomic E-state index is 0.0629. The summed E-state index contributed by atoms with van der Waals surface area (Å²) < 4.78 is 5.09. The normalized spacial score (nSPS) is 10.2. The number of ether oxygens (including phenoxy) is 1. The van der Waals surface area contributed by atoms with Crippen LogP contribution >= 0.6 is 11.8 Å². The Labute approximate surface area is 108 Å². The Hall–Kier alpha value is -0.960. The van der Waals surface area contributed by atoms with Crippen LogP contribution in [-0.2, 0) is 9.53 Å². The van der Waals surface area contributed by atoms with E-state index < -0.39 is 0 Å². The van der Waals surface area contributed by atoms with Crippen LogP contribution in [-0.4, -0.2) is 18.3 Å². The average Bonchev–Trinajstić information content (AvgIpc) is 2.36. The number of benzene rings is 1. The molecule has 17 heavy (non-hydrogen) atoms. The van der Waals surface area contributed by atoms with E-state index in [0.29, 0.717) is 13.0 Å². The monoisotopic (exact) mass is 252 g/mol. The number of unbranched alkanes of at least 4 members (excludes halogenated alkanes) is 1. The summed E-state index contributed by atoms with van der Waals surface area (Å²) in [5.74, 6) is 0.902. The molecule has 3 heteroatoms. The summed E-state index contributed by atoms with van der Waals surface area (Å²) in [5.41, 5.74) is 0. The van der Waals surface area contributed by atoms with E-state index in [1.165, 1.54) is 4.90 Å². The molecule has 0 unspecified atom stereocenters. The first-order valence-corrected chi connectivity index (χ1v) is 7.15. The lowest BCUT2D eigenvalue weighted by Gasteiger charge is -2.03. The molecular weight excluding hydrogens is 232 g/mol. The fourth-order valence-electron chi connectivity index (χ4n) is 1.33. The number of hydrogen-bond donors (Lipinski definition) is 0.